The Morgan fingerprint density at radius 2 is 1.94 bits per heavy atom. The van der Waals surface area contributed by atoms with E-state index < -0.39 is 6.04 Å². The van der Waals surface area contributed by atoms with Crippen LogP contribution in [0.4, 0.5) is 0 Å². The van der Waals surface area contributed by atoms with Crippen LogP contribution in [-0.2, 0) is 9.59 Å². The molecule has 0 unspecified atom stereocenters. The van der Waals surface area contributed by atoms with E-state index in [2.05, 4.69) is 17.2 Å². The van der Waals surface area contributed by atoms with Crippen molar-refractivity contribution in [1.82, 2.24) is 15.5 Å². The van der Waals surface area contributed by atoms with Crippen molar-refractivity contribution in [2.24, 2.45) is 0 Å². The largest absolute Gasteiger partial charge is 0.351 e. The number of benzene rings is 1. The lowest BCUT2D eigenvalue weighted by Gasteiger charge is -2.32. The zero-order valence-corrected chi connectivity index (χ0v) is 18.6. The number of carbonyl (C=O) groups excluding carboxylic acids is 3. The van der Waals surface area contributed by atoms with Crippen LogP contribution < -0.4 is 10.6 Å². The fourth-order valence-electron chi connectivity index (χ4n) is 3.94. The number of nitrogens with one attached hydrogen (secondary N) is 2. The number of nitrogens with zero attached hydrogens (tertiary/aromatic N) is 1. The number of amides is 3. The highest BCUT2D eigenvalue weighted by Gasteiger charge is 2.33. The highest BCUT2D eigenvalue weighted by Crippen LogP contribution is 2.26. The Hall–Kier alpha value is -2.93. The first-order valence-corrected chi connectivity index (χ1v) is 11.5. The van der Waals surface area contributed by atoms with Crippen LogP contribution in [0.15, 0.2) is 54.4 Å². The van der Waals surface area contributed by atoms with E-state index in [4.69, 9.17) is 0 Å². The van der Waals surface area contributed by atoms with Gasteiger partial charge in [-0.2, -0.15) is 0 Å². The predicted octanol–water partition coefficient (Wildman–Crippen LogP) is 3.60. The van der Waals surface area contributed by atoms with Crippen LogP contribution in [0.5, 0.6) is 0 Å². The summed E-state index contributed by atoms with van der Waals surface area (Å²) in [5.74, 6) is -0.828. The van der Waals surface area contributed by atoms with Gasteiger partial charge in [0, 0.05) is 12.6 Å². The molecule has 1 heterocycles. The number of hydrogen-bond acceptors (Lipinski definition) is 4. The molecule has 1 aliphatic carbocycles. The summed E-state index contributed by atoms with van der Waals surface area (Å²) in [5, 5.41) is 7.61. The van der Waals surface area contributed by atoms with Crippen molar-refractivity contribution in [3.63, 3.8) is 0 Å². The molecule has 0 radical (unpaired) electrons. The highest BCUT2D eigenvalue weighted by molar-refractivity contribution is 7.12. The molecule has 0 aliphatic heterocycles. The molecule has 31 heavy (non-hydrogen) atoms. The Kier molecular flexibility index (Phi) is 8.00. The Morgan fingerprint density at radius 3 is 2.58 bits per heavy atom. The summed E-state index contributed by atoms with van der Waals surface area (Å²) < 4.78 is 0. The van der Waals surface area contributed by atoms with Crippen molar-refractivity contribution in [2.75, 3.05) is 13.1 Å². The molecule has 1 atom stereocenters. The molecule has 0 saturated heterocycles. The fourth-order valence-corrected chi connectivity index (χ4v) is 4.58. The van der Waals surface area contributed by atoms with Gasteiger partial charge in [0.25, 0.3) is 5.91 Å². The maximum absolute atomic E-state index is 13.4. The lowest BCUT2D eigenvalue weighted by molar-refractivity contribution is -0.139. The van der Waals surface area contributed by atoms with Crippen LogP contribution in [0.3, 0.4) is 0 Å². The smallest absolute Gasteiger partial charge is 0.261 e. The SMILES string of the molecule is C=CCN(C(=O)CNC(=O)c1cccs1)[C@H](C(=O)NC1CCCC1)c1ccccc1C. The molecule has 1 saturated carbocycles. The van der Waals surface area contributed by atoms with E-state index in [9.17, 15) is 14.4 Å². The molecule has 3 amide bonds. The van der Waals surface area contributed by atoms with E-state index in [1.165, 1.54) is 16.2 Å². The van der Waals surface area contributed by atoms with Gasteiger partial charge in [-0.3, -0.25) is 14.4 Å². The van der Waals surface area contributed by atoms with E-state index in [0.29, 0.717) is 4.88 Å². The van der Waals surface area contributed by atoms with Gasteiger partial charge in [0.15, 0.2) is 0 Å². The summed E-state index contributed by atoms with van der Waals surface area (Å²) in [6.07, 6.45) is 5.72. The zero-order chi connectivity index (χ0) is 22.2. The third-order valence-corrected chi connectivity index (χ3v) is 6.40. The monoisotopic (exact) mass is 439 g/mol. The minimum atomic E-state index is -0.786. The second kappa shape index (κ2) is 10.9. The molecule has 6 nitrogen and oxygen atoms in total. The van der Waals surface area contributed by atoms with Crippen molar-refractivity contribution < 1.29 is 14.4 Å². The van der Waals surface area contributed by atoms with E-state index in [1.807, 2.05) is 36.6 Å². The number of hydrogen-bond donors (Lipinski definition) is 2. The Bertz CT molecular complexity index is 920. The molecule has 1 aromatic heterocycles. The molecule has 2 aromatic rings. The molecule has 1 aromatic carbocycles. The Labute approximate surface area is 187 Å². The van der Waals surface area contributed by atoms with Gasteiger partial charge in [0.2, 0.25) is 11.8 Å². The van der Waals surface area contributed by atoms with Crippen LogP contribution >= 0.6 is 11.3 Å². The van der Waals surface area contributed by atoms with Crippen LogP contribution in [0.1, 0.15) is 52.5 Å². The number of thiophene rings is 1. The Morgan fingerprint density at radius 1 is 1.19 bits per heavy atom. The van der Waals surface area contributed by atoms with Crippen LogP contribution in [0, 0.1) is 6.92 Å². The lowest BCUT2D eigenvalue weighted by atomic mass is 9.98. The molecule has 3 rings (SSSR count). The standard InChI is InChI=1S/C24H29N3O3S/c1-3-14-27(21(28)16-25-23(29)20-13-8-15-31-20)22(19-12-7-4-9-17(19)2)24(30)26-18-10-5-6-11-18/h3-4,7-9,12-13,15,18,22H,1,5-6,10-11,14,16H2,2H3,(H,25,29)(H,26,30)/t22-/m0/s1. The number of rotatable bonds is 9. The molecular formula is C24H29N3O3S. The van der Waals surface area contributed by atoms with Crippen molar-refractivity contribution >= 4 is 29.1 Å². The van der Waals surface area contributed by atoms with Crippen molar-refractivity contribution in [1.29, 1.82) is 0 Å². The summed E-state index contributed by atoms with van der Waals surface area (Å²) >= 11 is 1.31. The van der Waals surface area contributed by atoms with E-state index in [1.54, 1.807) is 18.2 Å². The van der Waals surface area contributed by atoms with Crippen LogP contribution in [0.25, 0.3) is 0 Å². The van der Waals surface area contributed by atoms with Gasteiger partial charge in [0.05, 0.1) is 11.4 Å². The van der Waals surface area contributed by atoms with Crippen molar-refractivity contribution in [2.45, 2.75) is 44.7 Å². The van der Waals surface area contributed by atoms with Gasteiger partial charge in [-0.15, -0.1) is 17.9 Å². The normalized spacial score (nSPS) is 14.6. The highest BCUT2D eigenvalue weighted by atomic mass is 32.1. The molecule has 0 bridgehead atoms. The molecule has 1 fully saturated rings. The van der Waals surface area contributed by atoms with Gasteiger partial charge in [0.1, 0.15) is 6.04 Å². The minimum Gasteiger partial charge on any atom is -0.351 e. The first-order chi connectivity index (χ1) is 15.0. The summed E-state index contributed by atoms with van der Waals surface area (Å²) in [6, 6.07) is 10.4. The summed E-state index contributed by atoms with van der Waals surface area (Å²) in [6.45, 7) is 5.71. The molecule has 164 valence electrons. The summed E-state index contributed by atoms with van der Waals surface area (Å²) in [4.78, 5) is 40.8. The van der Waals surface area contributed by atoms with Crippen LogP contribution in [-0.4, -0.2) is 41.8 Å². The minimum absolute atomic E-state index is 0.137. The fraction of sp³-hybridized carbons (Fsp3) is 0.375. The number of aryl methyl sites for hydroxylation is 1. The average Bonchev–Trinajstić information content (AvgIpc) is 3.47. The maximum atomic E-state index is 13.4. The summed E-state index contributed by atoms with van der Waals surface area (Å²) in [5.41, 5.74) is 1.70. The third kappa shape index (κ3) is 5.82. The number of carbonyl (C=O) groups is 3. The van der Waals surface area contributed by atoms with E-state index >= 15 is 0 Å². The van der Waals surface area contributed by atoms with Gasteiger partial charge < -0.3 is 15.5 Å². The summed E-state index contributed by atoms with van der Waals surface area (Å²) in [7, 11) is 0. The van der Waals surface area contributed by atoms with Gasteiger partial charge in [-0.25, -0.2) is 0 Å². The molecular weight excluding hydrogens is 410 g/mol. The second-order valence-corrected chi connectivity index (χ2v) is 8.69. The van der Waals surface area contributed by atoms with Gasteiger partial charge in [-0.1, -0.05) is 49.2 Å². The molecule has 2 N–H and O–H groups in total. The van der Waals surface area contributed by atoms with Gasteiger partial charge >= 0.3 is 0 Å². The van der Waals surface area contributed by atoms with Crippen molar-refractivity contribution in [3.8, 4) is 0 Å². The first-order valence-electron chi connectivity index (χ1n) is 10.6. The van der Waals surface area contributed by atoms with Gasteiger partial charge in [-0.05, 0) is 42.3 Å². The first kappa shape index (κ1) is 22.7. The molecule has 7 heteroatoms. The van der Waals surface area contributed by atoms with Crippen LogP contribution in [0.2, 0.25) is 0 Å². The lowest BCUT2D eigenvalue weighted by Crippen LogP contribution is -2.49. The Balaban J connectivity index is 1.82. The third-order valence-electron chi connectivity index (χ3n) is 5.54. The van der Waals surface area contributed by atoms with Crippen molar-refractivity contribution in [3.05, 3.63) is 70.4 Å². The second-order valence-electron chi connectivity index (χ2n) is 7.74. The van der Waals surface area contributed by atoms with E-state index in [-0.39, 0.29) is 36.9 Å². The molecule has 0 spiro atoms. The topological polar surface area (TPSA) is 78.5 Å². The predicted molar refractivity (Wildman–Crippen MR) is 123 cm³/mol. The molecule has 1 aliphatic rings. The zero-order valence-electron chi connectivity index (χ0n) is 17.8. The average molecular weight is 440 g/mol. The maximum Gasteiger partial charge on any atom is 0.261 e. The van der Waals surface area contributed by atoms with E-state index in [0.717, 1.165) is 36.8 Å². The quantitative estimate of drug-likeness (QED) is 0.586.